The van der Waals surface area contributed by atoms with Crippen molar-refractivity contribution in [3.63, 3.8) is 0 Å². The maximum Gasteiger partial charge on any atom is 0.275 e. The molecule has 0 saturated carbocycles. The quantitative estimate of drug-likeness (QED) is 0.780. The van der Waals surface area contributed by atoms with Crippen LogP contribution in [0.15, 0.2) is 45.9 Å². The van der Waals surface area contributed by atoms with Crippen LogP contribution in [0.1, 0.15) is 23.8 Å². The molecule has 0 radical (unpaired) electrons. The lowest BCUT2D eigenvalue weighted by Gasteiger charge is -2.20. The van der Waals surface area contributed by atoms with Gasteiger partial charge in [0.1, 0.15) is 5.76 Å². The molecule has 2 aromatic rings. The maximum absolute atomic E-state index is 12.1. The van der Waals surface area contributed by atoms with E-state index in [4.69, 9.17) is 4.42 Å². The summed E-state index contributed by atoms with van der Waals surface area (Å²) in [5, 5.41) is -0.00977. The minimum Gasteiger partial charge on any atom is -0.447 e. The molecule has 5 nitrogen and oxygen atoms in total. The zero-order valence-electron chi connectivity index (χ0n) is 14.1. The molecule has 0 unspecified atom stereocenters. The Labute approximate surface area is 138 Å². The van der Waals surface area contributed by atoms with Gasteiger partial charge in [0, 0.05) is 20.6 Å². The highest BCUT2D eigenvalue weighted by atomic mass is 32.2. The second kappa shape index (κ2) is 7.29. The van der Waals surface area contributed by atoms with Gasteiger partial charge >= 0.3 is 0 Å². The summed E-state index contributed by atoms with van der Waals surface area (Å²) in [5.74, 6) is 0.654. The molecule has 0 aliphatic carbocycles. The summed E-state index contributed by atoms with van der Waals surface area (Å²) in [4.78, 5) is 2.22. The van der Waals surface area contributed by atoms with Gasteiger partial charge in [-0.05, 0) is 36.7 Å². The topological polar surface area (TPSA) is 53.8 Å². The van der Waals surface area contributed by atoms with E-state index in [9.17, 15) is 8.42 Å². The molecule has 0 amide bonds. The molecular formula is C17H24N2O3S. The molecular weight excluding hydrogens is 312 g/mol. The first-order valence-corrected chi connectivity index (χ1v) is 9.06. The molecule has 0 N–H and O–H groups in total. The van der Waals surface area contributed by atoms with Crippen LogP contribution in [-0.2, 0) is 23.1 Å². The summed E-state index contributed by atoms with van der Waals surface area (Å²) in [6, 6.07) is 11.5. The number of benzene rings is 1. The van der Waals surface area contributed by atoms with E-state index in [0.29, 0.717) is 12.3 Å². The van der Waals surface area contributed by atoms with Crippen LogP contribution in [0.25, 0.3) is 0 Å². The first-order chi connectivity index (χ1) is 10.8. The Kier molecular flexibility index (Phi) is 5.62. The van der Waals surface area contributed by atoms with Gasteiger partial charge in [-0.3, -0.25) is 4.90 Å². The van der Waals surface area contributed by atoms with Gasteiger partial charge in [-0.15, -0.1) is 0 Å². The van der Waals surface area contributed by atoms with Gasteiger partial charge in [-0.2, -0.15) is 0 Å². The van der Waals surface area contributed by atoms with Gasteiger partial charge in [0.15, 0.2) is 0 Å². The third-order valence-corrected chi connectivity index (χ3v) is 5.54. The van der Waals surface area contributed by atoms with E-state index in [0.717, 1.165) is 17.4 Å². The fourth-order valence-corrected chi connectivity index (χ4v) is 3.10. The Hall–Kier alpha value is -1.63. The molecule has 23 heavy (non-hydrogen) atoms. The molecule has 0 fully saturated rings. The van der Waals surface area contributed by atoms with Crippen molar-refractivity contribution in [1.29, 1.82) is 0 Å². The predicted octanol–water partition coefficient (Wildman–Crippen LogP) is 2.86. The van der Waals surface area contributed by atoms with Gasteiger partial charge < -0.3 is 4.42 Å². The van der Waals surface area contributed by atoms with E-state index < -0.39 is 10.0 Å². The average molecular weight is 336 g/mol. The fraction of sp³-hybridized carbons (Fsp3) is 0.412. The van der Waals surface area contributed by atoms with Crippen LogP contribution in [0, 0.1) is 6.92 Å². The molecule has 0 atom stereocenters. The molecule has 0 saturated heterocycles. The summed E-state index contributed by atoms with van der Waals surface area (Å²) in [6.45, 7) is 6.41. The number of hydrogen-bond donors (Lipinski definition) is 0. The minimum absolute atomic E-state index is 0.00977. The number of furan rings is 1. The molecule has 1 aromatic heterocycles. The third kappa shape index (κ3) is 4.22. The smallest absolute Gasteiger partial charge is 0.275 e. The Balaban J connectivity index is 2.11. The predicted molar refractivity (Wildman–Crippen MR) is 90.5 cm³/mol. The van der Waals surface area contributed by atoms with Gasteiger partial charge in [0.2, 0.25) is 5.09 Å². The summed E-state index contributed by atoms with van der Waals surface area (Å²) in [6.07, 6.45) is 0. The molecule has 0 aliphatic heterocycles. The molecule has 0 aliphatic rings. The van der Waals surface area contributed by atoms with Crippen molar-refractivity contribution in [3.05, 3.63) is 53.3 Å². The second-order valence-electron chi connectivity index (χ2n) is 5.74. The van der Waals surface area contributed by atoms with E-state index in [1.807, 2.05) is 12.1 Å². The van der Waals surface area contributed by atoms with E-state index in [-0.39, 0.29) is 5.09 Å². The number of sulfonamides is 1. The van der Waals surface area contributed by atoms with E-state index in [1.165, 1.54) is 31.3 Å². The molecule has 126 valence electrons. The van der Waals surface area contributed by atoms with Crippen LogP contribution in [0.3, 0.4) is 0 Å². The van der Waals surface area contributed by atoms with Crippen LogP contribution < -0.4 is 0 Å². The highest BCUT2D eigenvalue weighted by Crippen LogP contribution is 2.19. The van der Waals surface area contributed by atoms with Crippen LogP contribution >= 0.6 is 0 Å². The second-order valence-corrected chi connectivity index (χ2v) is 7.82. The third-order valence-electron chi connectivity index (χ3n) is 3.85. The van der Waals surface area contributed by atoms with E-state index >= 15 is 0 Å². The zero-order chi connectivity index (χ0) is 17.0. The lowest BCUT2D eigenvalue weighted by molar-refractivity contribution is 0.238. The lowest BCUT2D eigenvalue weighted by Crippen LogP contribution is -2.23. The molecule has 6 heteroatoms. The molecule has 1 heterocycles. The summed E-state index contributed by atoms with van der Waals surface area (Å²) < 4.78 is 30.8. The van der Waals surface area contributed by atoms with Crippen molar-refractivity contribution in [2.45, 2.75) is 32.0 Å². The Morgan fingerprint density at radius 3 is 2.35 bits per heavy atom. The summed E-state index contributed by atoms with van der Waals surface area (Å²) in [5.41, 5.74) is 2.52. The van der Waals surface area contributed by atoms with Crippen LogP contribution in [0.2, 0.25) is 0 Å². The average Bonchev–Trinajstić information content (AvgIpc) is 2.97. The van der Waals surface area contributed by atoms with Crippen molar-refractivity contribution in [1.82, 2.24) is 9.21 Å². The molecule has 0 spiro atoms. The van der Waals surface area contributed by atoms with Gasteiger partial charge in [-0.1, -0.05) is 31.2 Å². The van der Waals surface area contributed by atoms with E-state index in [1.54, 1.807) is 6.07 Å². The van der Waals surface area contributed by atoms with Crippen molar-refractivity contribution < 1.29 is 12.8 Å². The van der Waals surface area contributed by atoms with Crippen molar-refractivity contribution in [2.24, 2.45) is 0 Å². The van der Waals surface area contributed by atoms with Gasteiger partial charge in [0.05, 0.1) is 6.54 Å². The van der Waals surface area contributed by atoms with E-state index in [2.05, 4.69) is 30.9 Å². The van der Waals surface area contributed by atoms with Crippen molar-refractivity contribution >= 4 is 10.0 Å². The Morgan fingerprint density at radius 1 is 1.04 bits per heavy atom. The number of aryl methyl sites for hydroxylation is 1. The fourth-order valence-electron chi connectivity index (χ4n) is 2.29. The highest BCUT2D eigenvalue weighted by Gasteiger charge is 2.22. The SMILES string of the molecule is CCN(Cc1ccc(S(=O)(=O)N(C)C)o1)Cc1ccccc1C. The summed E-state index contributed by atoms with van der Waals surface area (Å²) in [7, 11) is -0.528. The largest absolute Gasteiger partial charge is 0.447 e. The first kappa shape index (κ1) is 17.7. The molecule has 1 aromatic carbocycles. The van der Waals surface area contributed by atoms with Crippen LogP contribution in [0.5, 0.6) is 0 Å². The summed E-state index contributed by atoms with van der Waals surface area (Å²) >= 11 is 0. The number of nitrogens with zero attached hydrogens (tertiary/aromatic N) is 2. The highest BCUT2D eigenvalue weighted by molar-refractivity contribution is 7.88. The van der Waals surface area contributed by atoms with Gasteiger partial charge in [0.25, 0.3) is 10.0 Å². The number of rotatable bonds is 7. The first-order valence-electron chi connectivity index (χ1n) is 7.62. The Morgan fingerprint density at radius 2 is 1.74 bits per heavy atom. The Bertz CT molecular complexity index is 751. The van der Waals surface area contributed by atoms with Crippen molar-refractivity contribution in [3.8, 4) is 0 Å². The van der Waals surface area contributed by atoms with Gasteiger partial charge in [-0.25, -0.2) is 12.7 Å². The normalized spacial score (nSPS) is 12.3. The number of hydrogen-bond acceptors (Lipinski definition) is 4. The molecule has 2 rings (SSSR count). The monoisotopic (exact) mass is 336 g/mol. The van der Waals surface area contributed by atoms with Crippen molar-refractivity contribution in [2.75, 3.05) is 20.6 Å². The standard InChI is InChI=1S/C17H24N2O3S/c1-5-19(12-15-9-7-6-8-14(15)2)13-16-10-11-17(22-16)23(20,21)18(3)4/h6-11H,5,12-13H2,1-4H3. The zero-order valence-corrected chi connectivity index (χ0v) is 14.9. The minimum atomic E-state index is -3.52. The maximum atomic E-state index is 12.1. The van der Waals surface area contributed by atoms with Crippen LogP contribution in [-0.4, -0.2) is 38.3 Å². The van der Waals surface area contributed by atoms with Crippen LogP contribution in [0.4, 0.5) is 0 Å². The molecule has 0 bridgehead atoms. The lowest BCUT2D eigenvalue weighted by atomic mass is 10.1.